The van der Waals surface area contributed by atoms with E-state index in [9.17, 15) is 14.4 Å². The van der Waals surface area contributed by atoms with Crippen molar-refractivity contribution in [3.63, 3.8) is 0 Å². The van der Waals surface area contributed by atoms with Gasteiger partial charge in [0.15, 0.2) is 0 Å². The topological polar surface area (TPSA) is 152 Å². The zero-order valence-corrected chi connectivity index (χ0v) is 22.8. The predicted octanol–water partition coefficient (Wildman–Crippen LogP) is 0.0859. The van der Waals surface area contributed by atoms with Gasteiger partial charge in [-0.3, -0.25) is 14.7 Å². The van der Waals surface area contributed by atoms with Crippen molar-refractivity contribution in [3.05, 3.63) is 46.5 Å². The Labute approximate surface area is 227 Å². The molecule has 12 nitrogen and oxygen atoms in total. The largest absolute Gasteiger partial charge is 0.496 e. The van der Waals surface area contributed by atoms with Crippen molar-refractivity contribution in [1.29, 1.82) is 0 Å². The number of piperidine rings is 1. The number of aromatic nitrogens is 2. The summed E-state index contributed by atoms with van der Waals surface area (Å²) in [6.07, 6.45) is 2.43. The molecule has 12 heteroatoms. The van der Waals surface area contributed by atoms with Crippen LogP contribution in [0.3, 0.4) is 0 Å². The third-order valence-electron chi connectivity index (χ3n) is 8.03. The maximum Gasteiger partial charge on any atom is 0.354 e. The van der Waals surface area contributed by atoms with Crippen molar-refractivity contribution in [2.24, 2.45) is 23.3 Å². The molecule has 1 aromatic carbocycles. The number of amides is 3. The van der Waals surface area contributed by atoms with Crippen molar-refractivity contribution < 1.29 is 14.3 Å². The first kappa shape index (κ1) is 27.1. The second-order valence-corrected chi connectivity index (χ2v) is 11.3. The van der Waals surface area contributed by atoms with Gasteiger partial charge < -0.3 is 30.9 Å². The fraction of sp³-hybridized carbons (Fsp3) is 0.556. The highest BCUT2D eigenvalue weighted by molar-refractivity contribution is 5.89. The summed E-state index contributed by atoms with van der Waals surface area (Å²) in [5, 5.41) is 2.69. The minimum Gasteiger partial charge on any atom is -0.496 e. The summed E-state index contributed by atoms with van der Waals surface area (Å²) in [7, 11) is 1.62. The van der Waals surface area contributed by atoms with E-state index in [4.69, 9.17) is 16.2 Å². The minimum absolute atomic E-state index is 0.148. The summed E-state index contributed by atoms with van der Waals surface area (Å²) in [6, 6.07) is 7.28. The molecule has 1 aliphatic carbocycles. The quantitative estimate of drug-likeness (QED) is 0.448. The first-order valence-electron chi connectivity index (χ1n) is 13.4. The summed E-state index contributed by atoms with van der Waals surface area (Å²) in [5.41, 5.74) is 12.2. The van der Waals surface area contributed by atoms with Gasteiger partial charge in [0.25, 0.3) is 0 Å². The molecule has 3 fully saturated rings. The number of nitrogens with two attached hydrogens (primary N) is 2. The van der Waals surface area contributed by atoms with Gasteiger partial charge in [0.1, 0.15) is 11.6 Å². The van der Waals surface area contributed by atoms with Gasteiger partial charge in [-0.1, -0.05) is 6.07 Å². The molecule has 0 radical (unpaired) electrons. The first-order valence-corrected chi connectivity index (χ1v) is 13.4. The van der Waals surface area contributed by atoms with Gasteiger partial charge >= 0.3 is 11.7 Å². The van der Waals surface area contributed by atoms with Crippen molar-refractivity contribution in [1.82, 2.24) is 24.3 Å². The van der Waals surface area contributed by atoms with Crippen molar-refractivity contribution in [2.75, 3.05) is 58.2 Å². The molecular weight excluding hydrogens is 500 g/mol. The fourth-order valence-corrected chi connectivity index (χ4v) is 5.59. The highest BCUT2D eigenvalue weighted by Crippen LogP contribution is 2.43. The number of anilines is 1. The van der Waals surface area contributed by atoms with E-state index in [1.54, 1.807) is 43.0 Å². The maximum absolute atomic E-state index is 12.8. The molecule has 5 N–H and O–H groups in total. The van der Waals surface area contributed by atoms with Crippen LogP contribution in [0.5, 0.6) is 5.75 Å². The van der Waals surface area contributed by atoms with Crippen molar-refractivity contribution in [3.8, 4) is 11.4 Å². The predicted molar refractivity (Wildman–Crippen MR) is 147 cm³/mol. The van der Waals surface area contributed by atoms with Crippen LogP contribution in [0, 0.1) is 11.8 Å². The van der Waals surface area contributed by atoms with Crippen LogP contribution in [-0.2, 0) is 11.2 Å². The standard InChI is InChI=1S/C27H38N8O4/c1-27(2,29)24(36)33-10-12-34(13-11-33)25(37)30-22-7-9-35(26(38)31-22)18-5-4-17(21(14-18)39-3)6-8-32-15-19-20(16-32)23(19)28/h4-5,7,9,14,19-20,23H,6,8,10-13,15-16,28-29H2,1-3H3,(H,30,31,37,38)/t19-,20+,23?. The van der Waals surface area contributed by atoms with Crippen LogP contribution in [0.4, 0.5) is 10.6 Å². The summed E-state index contributed by atoms with van der Waals surface area (Å²) in [4.78, 5) is 47.7. The fourth-order valence-electron chi connectivity index (χ4n) is 5.59. The Bertz CT molecular complexity index is 1290. The molecule has 3 atom stereocenters. The SMILES string of the molecule is COc1cc(-n2ccc(NC(=O)N3CCN(C(=O)C(C)(C)N)CC3)nc2=O)ccc1CCN1C[C@@H]2C(N)[C@@H]2C1. The Morgan fingerprint density at radius 3 is 2.38 bits per heavy atom. The summed E-state index contributed by atoms with van der Waals surface area (Å²) >= 11 is 0. The molecule has 0 bridgehead atoms. The number of nitrogens with zero attached hydrogens (tertiary/aromatic N) is 5. The van der Waals surface area contributed by atoms with Crippen LogP contribution >= 0.6 is 0 Å². The maximum atomic E-state index is 12.8. The second-order valence-electron chi connectivity index (χ2n) is 11.3. The molecule has 2 saturated heterocycles. The monoisotopic (exact) mass is 538 g/mol. The lowest BCUT2D eigenvalue weighted by atomic mass is 10.1. The molecule has 39 heavy (non-hydrogen) atoms. The molecule has 3 heterocycles. The van der Waals surface area contributed by atoms with E-state index in [0.29, 0.717) is 55.5 Å². The lowest BCUT2D eigenvalue weighted by molar-refractivity contribution is -0.137. The second kappa shape index (κ2) is 10.6. The number of fused-ring (bicyclic) bond motifs is 1. The van der Waals surface area contributed by atoms with E-state index in [1.807, 2.05) is 18.2 Å². The summed E-state index contributed by atoms with van der Waals surface area (Å²) < 4.78 is 7.04. The highest BCUT2D eigenvalue weighted by atomic mass is 16.5. The van der Waals surface area contributed by atoms with Gasteiger partial charge in [0.2, 0.25) is 5.91 Å². The molecule has 1 saturated carbocycles. The van der Waals surface area contributed by atoms with E-state index in [1.165, 1.54) is 4.57 Å². The van der Waals surface area contributed by atoms with Crippen molar-refractivity contribution >= 4 is 17.8 Å². The zero-order valence-electron chi connectivity index (χ0n) is 22.8. The lowest BCUT2D eigenvalue weighted by Gasteiger charge is -2.37. The van der Waals surface area contributed by atoms with Crippen LogP contribution in [-0.4, -0.2) is 101 Å². The average molecular weight is 539 g/mol. The van der Waals surface area contributed by atoms with Crippen LogP contribution in [0.25, 0.3) is 5.69 Å². The number of urea groups is 1. The molecule has 3 amide bonds. The van der Waals surface area contributed by atoms with Gasteiger partial charge in [-0.05, 0) is 49.8 Å². The number of carbonyl (C=O) groups excluding carboxylic acids is 2. The van der Waals surface area contributed by atoms with Crippen molar-refractivity contribution in [2.45, 2.75) is 31.8 Å². The van der Waals surface area contributed by atoms with E-state index < -0.39 is 11.2 Å². The van der Waals surface area contributed by atoms with Gasteiger partial charge in [0.05, 0.1) is 18.3 Å². The Morgan fingerprint density at radius 2 is 1.77 bits per heavy atom. The third kappa shape index (κ3) is 5.77. The van der Waals surface area contributed by atoms with Crippen LogP contribution < -0.4 is 27.2 Å². The van der Waals surface area contributed by atoms with Crippen LogP contribution in [0.2, 0.25) is 0 Å². The summed E-state index contributed by atoms with van der Waals surface area (Å²) in [6.45, 7) is 7.94. The number of likely N-dealkylation sites (tertiary alicyclic amines) is 1. The number of piperazine rings is 1. The van der Waals surface area contributed by atoms with Gasteiger partial charge in [-0.25, -0.2) is 9.59 Å². The molecule has 5 rings (SSSR count). The van der Waals surface area contributed by atoms with Crippen LogP contribution in [0.15, 0.2) is 35.3 Å². The molecular formula is C27H38N8O4. The van der Waals surface area contributed by atoms with Crippen LogP contribution in [0.1, 0.15) is 19.4 Å². The zero-order chi connectivity index (χ0) is 27.9. The van der Waals surface area contributed by atoms with Gasteiger partial charge in [-0.2, -0.15) is 4.98 Å². The van der Waals surface area contributed by atoms with E-state index >= 15 is 0 Å². The number of carbonyl (C=O) groups is 2. The number of nitrogens with one attached hydrogen (secondary N) is 1. The lowest BCUT2D eigenvalue weighted by Crippen LogP contribution is -2.58. The smallest absolute Gasteiger partial charge is 0.354 e. The molecule has 2 aromatic rings. The number of rotatable bonds is 7. The third-order valence-corrected chi connectivity index (χ3v) is 8.03. The molecule has 1 unspecified atom stereocenters. The molecule has 3 aliphatic rings. The molecule has 0 spiro atoms. The van der Waals surface area contributed by atoms with E-state index in [-0.39, 0.29) is 17.8 Å². The first-order chi connectivity index (χ1) is 18.5. The number of methoxy groups -OCH3 is 1. The molecule has 1 aromatic heterocycles. The molecule has 210 valence electrons. The highest BCUT2D eigenvalue weighted by Gasteiger charge is 2.53. The van der Waals surface area contributed by atoms with E-state index in [0.717, 1.165) is 31.6 Å². The Hall–Kier alpha value is -3.48. The molecule has 2 aliphatic heterocycles. The Balaban J connectivity index is 1.18. The summed E-state index contributed by atoms with van der Waals surface area (Å²) in [5.74, 6) is 2.05. The normalized spacial score (nSPS) is 22.9. The number of hydrogen-bond acceptors (Lipinski definition) is 8. The minimum atomic E-state index is -0.953. The Morgan fingerprint density at radius 1 is 1.10 bits per heavy atom. The number of benzene rings is 1. The number of hydrogen-bond donors (Lipinski definition) is 3. The Kier molecular flexibility index (Phi) is 7.36. The number of ether oxygens (including phenoxy) is 1. The van der Waals surface area contributed by atoms with Gasteiger partial charge in [-0.15, -0.1) is 0 Å². The van der Waals surface area contributed by atoms with Gasteiger partial charge in [0, 0.05) is 64.1 Å². The van der Waals surface area contributed by atoms with E-state index in [2.05, 4.69) is 15.2 Å². The average Bonchev–Trinajstić information content (AvgIpc) is 3.30.